The molecule has 3 N–H and O–H groups in total. The van der Waals surface area contributed by atoms with Gasteiger partial charge in [-0.2, -0.15) is 0 Å². The molecule has 1 atom stereocenters. The lowest BCUT2D eigenvalue weighted by molar-refractivity contribution is -0.137. The Hall–Kier alpha value is -0.540. The molecule has 0 spiro atoms. The highest BCUT2D eigenvalue weighted by Gasteiger charge is 2.04. The van der Waals surface area contributed by atoms with Gasteiger partial charge < -0.3 is 10.8 Å². The fraction of sp³-hybridized carbons (Fsp3) is 0.500. The van der Waals surface area contributed by atoms with E-state index in [0.717, 1.165) is 0 Å². The topological polar surface area (TPSA) is 63.3 Å². The summed E-state index contributed by atoms with van der Waals surface area (Å²) in [6, 6.07) is -0.278. The van der Waals surface area contributed by atoms with Crippen molar-refractivity contribution < 1.29 is 9.90 Å². The number of carbonyl (C=O) groups is 1. The molecular weight excluding hydrogens is 154 g/mol. The predicted molar refractivity (Wildman–Crippen MR) is 42.3 cm³/mol. The minimum Gasteiger partial charge on any atom is -0.481 e. The highest BCUT2D eigenvalue weighted by Crippen LogP contribution is 1.93. The second kappa shape index (κ2) is 6.58. The van der Waals surface area contributed by atoms with E-state index in [-0.39, 0.29) is 24.9 Å². The molecule has 60 valence electrons. The minimum atomic E-state index is -0.857. The maximum atomic E-state index is 9.97. The molecule has 0 rings (SSSR count). The number of hydrogen-bond acceptors (Lipinski definition) is 2. The quantitative estimate of drug-likeness (QED) is 0.606. The number of hydrogen-bond donors (Lipinski definition) is 2. The third-order valence-corrected chi connectivity index (χ3v) is 0.906. The van der Waals surface area contributed by atoms with E-state index in [2.05, 4.69) is 6.58 Å². The molecule has 0 aromatic carbocycles. The summed E-state index contributed by atoms with van der Waals surface area (Å²) in [7, 11) is 0. The first-order chi connectivity index (χ1) is 4.16. The SMILES string of the molecule is C=CCC(N)CC(=O)O.Cl. The smallest absolute Gasteiger partial charge is 0.304 e. The van der Waals surface area contributed by atoms with Gasteiger partial charge in [0.2, 0.25) is 0 Å². The molecule has 1 unspecified atom stereocenters. The number of rotatable bonds is 4. The highest BCUT2D eigenvalue weighted by molar-refractivity contribution is 5.85. The van der Waals surface area contributed by atoms with Crippen molar-refractivity contribution in [1.82, 2.24) is 0 Å². The Balaban J connectivity index is 0. The number of halogens is 1. The number of aliphatic carboxylic acids is 1. The zero-order valence-corrected chi connectivity index (χ0v) is 6.43. The van der Waals surface area contributed by atoms with Crippen LogP contribution in [0.15, 0.2) is 12.7 Å². The van der Waals surface area contributed by atoms with Crippen LogP contribution in [0.3, 0.4) is 0 Å². The van der Waals surface area contributed by atoms with Gasteiger partial charge in [-0.25, -0.2) is 0 Å². The van der Waals surface area contributed by atoms with Crippen molar-refractivity contribution in [1.29, 1.82) is 0 Å². The molecule has 4 heteroatoms. The summed E-state index contributed by atoms with van der Waals surface area (Å²) in [5.41, 5.74) is 5.33. The van der Waals surface area contributed by atoms with E-state index in [9.17, 15) is 4.79 Å². The van der Waals surface area contributed by atoms with Crippen molar-refractivity contribution in [2.24, 2.45) is 5.73 Å². The second-order valence-electron chi connectivity index (χ2n) is 1.88. The van der Waals surface area contributed by atoms with Gasteiger partial charge in [0, 0.05) is 6.04 Å². The van der Waals surface area contributed by atoms with Gasteiger partial charge in [0.05, 0.1) is 6.42 Å². The summed E-state index contributed by atoms with van der Waals surface area (Å²) in [5.74, 6) is -0.857. The van der Waals surface area contributed by atoms with Crippen LogP contribution in [0, 0.1) is 0 Å². The molecule has 0 radical (unpaired) electrons. The molecule has 0 fully saturated rings. The van der Waals surface area contributed by atoms with Crippen molar-refractivity contribution in [2.75, 3.05) is 0 Å². The van der Waals surface area contributed by atoms with E-state index in [1.165, 1.54) is 0 Å². The molecule has 0 amide bonds. The molecule has 0 aromatic heterocycles. The van der Waals surface area contributed by atoms with Crippen LogP contribution in [0.5, 0.6) is 0 Å². The number of nitrogens with two attached hydrogens (primary N) is 1. The van der Waals surface area contributed by atoms with Crippen LogP contribution in [-0.2, 0) is 4.79 Å². The van der Waals surface area contributed by atoms with Crippen molar-refractivity contribution in [2.45, 2.75) is 18.9 Å². The van der Waals surface area contributed by atoms with E-state index in [0.29, 0.717) is 6.42 Å². The Morgan fingerprint density at radius 3 is 2.60 bits per heavy atom. The first kappa shape index (κ1) is 12.2. The third-order valence-electron chi connectivity index (χ3n) is 0.906. The Bertz CT molecular complexity index is 116. The number of carboxylic acid groups (broad SMARTS) is 1. The maximum absolute atomic E-state index is 9.97. The van der Waals surface area contributed by atoms with Crippen LogP contribution in [-0.4, -0.2) is 17.1 Å². The number of carboxylic acids is 1. The minimum absolute atomic E-state index is 0. The van der Waals surface area contributed by atoms with Gasteiger partial charge in [-0.05, 0) is 6.42 Å². The lowest BCUT2D eigenvalue weighted by Gasteiger charge is -2.02. The summed E-state index contributed by atoms with van der Waals surface area (Å²) in [4.78, 5) is 9.97. The van der Waals surface area contributed by atoms with Gasteiger partial charge in [-0.3, -0.25) is 4.79 Å². The van der Waals surface area contributed by atoms with Gasteiger partial charge in [-0.15, -0.1) is 19.0 Å². The average molecular weight is 166 g/mol. The van der Waals surface area contributed by atoms with Crippen molar-refractivity contribution in [3.63, 3.8) is 0 Å². The molecule has 0 bridgehead atoms. The Kier molecular flexibility index (Phi) is 8.00. The van der Waals surface area contributed by atoms with E-state index in [1.54, 1.807) is 6.08 Å². The van der Waals surface area contributed by atoms with Crippen molar-refractivity contribution in [3.05, 3.63) is 12.7 Å². The summed E-state index contributed by atoms with van der Waals surface area (Å²) >= 11 is 0. The van der Waals surface area contributed by atoms with Gasteiger partial charge in [-0.1, -0.05) is 6.08 Å². The first-order valence-corrected chi connectivity index (χ1v) is 2.75. The molecule has 3 nitrogen and oxygen atoms in total. The Morgan fingerprint density at radius 2 is 2.30 bits per heavy atom. The molecule has 0 aliphatic heterocycles. The van der Waals surface area contributed by atoms with Crippen molar-refractivity contribution >= 4 is 18.4 Å². The molecule has 0 aliphatic rings. The average Bonchev–Trinajstić information content (AvgIpc) is 1.63. The lowest BCUT2D eigenvalue weighted by atomic mass is 10.1. The monoisotopic (exact) mass is 165 g/mol. The summed E-state index contributed by atoms with van der Waals surface area (Å²) < 4.78 is 0. The standard InChI is InChI=1S/C6H11NO2.ClH/c1-2-3-5(7)4-6(8)9;/h2,5H,1,3-4,7H2,(H,8,9);1H. The summed E-state index contributed by atoms with van der Waals surface area (Å²) in [6.07, 6.45) is 2.20. The van der Waals surface area contributed by atoms with Gasteiger partial charge in [0.1, 0.15) is 0 Å². The van der Waals surface area contributed by atoms with Gasteiger partial charge in [0.25, 0.3) is 0 Å². The molecule has 0 saturated heterocycles. The maximum Gasteiger partial charge on any atom is 0.304 e. The van der Waals surface area contributed by atoms with Crippen LogP contribution in [0.4, 0.5) is 0 Å². The lowest BCUT2D eigenvalue weighted by Crippen LogP contribution is -2.22. The largest absolute Gasteiger partial charge is 0.481 e. The third kappa shape index (κ3) is 7.46. The van der Waals surface area contributed by atoms with Crippen LogP contribution in [0.25, 0.3) is 0 Å². The summed E-state index contributed by atoms with van der Waals surface area (Å²) in [6.45, 7) is 3.44. The summed E-state index contributed by atoms with van der Waals surface area (Å²) in [5, 5.41) is 8.20. The normalized spacial score (nSPS) is 11.3. The highest BCUT2D eigenvalue weighted by atomic mass is 35.5. The fourth-order valence-electron chi connectivity index (χ4n) is 0.522. The Labute approximate surface area is 66.3 Å². The van der Waals surface area contributed by atoms with E-state index in [1.807, 2.05) is 0 Å². The molecular formula is C6H12ClNO2. The van der Waals surface area contributed by atoms with Crippen LogP contribution in [0.2, 0.25) is 0 Å². The first-order valence-electron chi connectivity index (χ1n) is 2.75. The van der Waals surface area contributed by atoms with Crippen molar-refractivity contribution in [3.8, 4) is 0 Å². The fourth-order valence-corrected chi connectivity index (χ4v) is 0.522. The molecule has 0 aliphatic carbocycles. The van der Waals surface area contributed by atoms with Gasteiger partial charge >= 0.3 is 5.97 Å². The zero-order valence-electron chi connectivity index (χ0n) is 5.62. The van der Waals surface area contributed by atoms with E-state index in [4.69, 9.17) is 10.8 Å². The Morgan fingerprint density at radius 1 is 1.80 bits per heavy atom. The zero-order chi connectivity index (χ0) is 7.28. The van der Waals surface area contributed by atoms with E-state index < -0.39 is 5.97 Å². The molecule has 10 heavy (non-hydrogen) atoms. The van der Waals surface area contributed by atoms with Crippen LogP contribution >= 0.6 is 12.4 Å². The van der Waals surface area contributed by atoms with Gasteiger partial charge in [0.15, 0.2) is 0 Å². The molecule has 0 aromatic rings. The van der Waals surface area contributed by atoms with Crippen LogP contribution in [0.1, 0.15) is 12.8 Å². The molecule has 0 saturated carbocycles. The predicted octanol–water partition coefficient (Wildman–Crippen LogP) is 0.786. The molecule has 0 heterocycles. The van der Waals surface area contributed by atoms with E-state index >= 15 is 0 Å². The van der Waals surface area contributed by atoms with Crippen LogP contribution < -0.4 is 5.73 Å². The second-order valence-corrected chi connectivity index (χ2v) is 1.88.